The number of nitrogens with one attached hydrogen (secondary N) is 1. The van der Waals surface area contributed by atoms with E-state index in [2.05, 4.69) is 20.7 Å². The molecule has 1 aromatic carbocycles. The van der Waals surface area contributed by atoms with E-state index in [1.807, 2.05) is 26.8 Å². The Balaban J connectivity index is 2.33. The van der Waals surface area contributed by atoms with E-state index in [1.54, 1.807) is 23.5 Å². The Morgan fingerprint density at radius 2 is 1.95 bits per heavy atom. The molecule has 0 spiro atoms. The predicted molar refractivity (Wildman–Crippen MR) is 91.1 cm³/mol. The van der Waals surface area contributed by atoms with Crippen LogP contribution in [0.3, 0.4) is 0 Å². The van der Waals surface area contributed by atoms with Crippen LogP contribution >= 0.6 is 27.3 Å². The maximum atomic E-state index is 12.5. The second-order valence-corrected chi connectivity index (χ2v) is 8.90. The van der Waals surface area contributed by atoms with Crippen molar-refractivity contribution in [3.8, 4) is 0 Å². The second-order valence-electron chi connectivity index (χ2n) is 4.90. The summed E-state index contributed by atoms with van der Waals surface area (Å²) in [5.74, 6) is 0. The third kappa shape index (κ3) is 3.66. The van der Waals surface area contributed by atoms with E-state index in [0.717, 1.165) is 10.4 Å². The zero-order chi connectivity index (χ0) is 15.8. The number of halogens is 1. The van der Waals surface area contributed by atoms with Gasteiger partial charge in [0.15, 0.2) is 0 Å². The van der Waals surface area contributed by atoms with E-state index in [4.69, 9.17) is 5.73 Å². The van der Waals surface area contributed by atoms with Crippen molar-refractivity contribution in [3.05, 3.63) is 44.1 Å². The number of anilines is 1. The summed E-state index contributed by atoms with van der Waals surface area (Å²) in [4.78, 5) is 2.44. The molecule has 3 N–H and O–H groups in total. The molecule has 1 unspecified atom stereocenters. The highest BCUT2D eigenvalue weighted by molar-refractivity contribution is 9.10. The van der Waals surface area contributed by atoms with E-state index in [9.17, 15) is 8.42 Å². The van der Waals surface area contributed by atoms with Gasteiger partial charge in [-0.2, -0.15) is 0 Å². The molecule has 0 aliphatic heterocycles. The molecule has 21 heavy (non-hydrogen) atoms. The first-order valence-corrected chi connectivity index (χ1v) is 9.44. The van der Waals surface area contributed by atoms with Gasteiger partial charge in [0, 0.05) is 26.0 Å². The largest absolute Gasteiger partial charge is 0.399 e. The SMILES string of the molecule is Cc1cc(C(C)NS(=O)(=O)c2cc(N)ccc2Br)c(C)s1. The summed E-state index contributed by atoms with van der Waals surface area (Å²) in [5, 5.41) is 0. The van der Waals surface area contributed by atoms with Crippen molar-refractivity contribution in [3.63, 3.8) is 0 Å². The second kappa shape index (κ2) is 6.08. The highest BCUT2D eigenvalue weighted by Gasteiger charge is 2.22. The Kier molecular flexibility index (Phi) is 4.77. The standard InChI is InChI=1S/C14H17BrN2O2S2/c1-8-6-12(10(3)20-8)9(2)17-21(18,19)14-7-11(16)4-5-13(14)15/h4-7,9,17H,16H2,1-3H3. The molecule has 0 radical (unpaired) electrons. The van der Waals surface area contributed by atoms with Crippen molar-refractivity contribution in [2.24, 2.45) is 0 Å². The lowest BCUT2D eigenvalue weighted by atomic mass is 10.1. The molecule has 1 heterocycles. The quantitative estimate of drug-likeness (QED) is 0.783. The molecule has 2 aromatic rings. The van der Waals surface area contributed by atoms with E-state index < -0.39 is 10.0 Å². The van der Waals surface area contributed by atoms with Gasteiger partial charge in [0.25, 0.3) is 0 Å². The molecule has 7 heteroatoms. The Morgan fingerprint density at radius 1 is 1.29 bits per heavy atom. The molecule has 0 saturated heterocycles. The fourth-order valence-electron chi connectivity index (χ4n) is 2.17. The minimum Gasteiger partial charge on any atom is -0.399 e. The van der Waals surface area contributed by atoms with Gasteiger partial charge in [0.2, 0.25) is 10.0 Å². The number of thiophene rings is 1. The molecule has 0 amide bonds. The first-order chi connectivity index (χ1) is 9.70. The third-order valence-electron chi connectivity index (χ3n) is 3.12. The average molecular weight is 389 g/mol. The molecule has 0 bridgehead atoms. The fraction of sp³-hybridized carbons (Fsp3) is 0.286. The van der Waals surface area contributed by atoms with Crippen LogP contribution in [0.25, 0.3) is 0 Å². The van der Waals surface area contributed by atoms with E-state index in [1.165, 1.54) is 10.9 Å². The Hall–Kier alpha value is -0.890. The third-order valence-corrected chi connectivity index (χ3v) is 6.64. The molecule has 0 aliphatic rings. The number of aryl methyl sites for hydroxylation is 2. The number of rotatable bonds is 4. The fourth-order valence-corrected chi connectivity index (χ4v) is 5.41. The Labute approximate surface area is 137 Å². The smallest absolute Gasteiger partial charge is 0.242 e. The summed E-state index contributed by atoms with van der Waals surface area (Å²) in [6.07, 6.45) is 0. The van der Waals surface area contributed by atoms with E-state index >= 15 is 0 Å². The van der Waals surface area contributed by atoms with Crippen molar-refractivity contribution in [1.82, 2.24) is 4.72 Å². The highest BCUT2D eigenvalue weighted by atomic mass is 79.9. The van der Waals surface area contributed by atoms with E-state index in [-0.39, 0.29) is 10.9 Å². The molecule has 1 aromatic heterocycles. The topological polar surface area (TPSA) is 72.2 Å². The molecule has 1 atom stereocenters. The van der Waals surface area contributed by atoms with Crippen LogP contribution in [0.1, 0.15) is 28.3 Å². The first kappa shape index (κ1) is 16.5. The molecule has 2 rings (SSSR count). The average Bonchev–Trinajstić information content (AvgIpc) is 2.71. The number of hydrogen-bond acceptors (Lipinski definition) is 4. The summed E-state index contributed by atoms with van der Waals surface area (Å²) < 4.78 is 28.2. The zero-order valence-electron chi connectivity index (χ0n) is 12.0. The summed E-state index contributed by atoms with van der Waals surface area (Å²) in [5.41, 5.74) is 7.09. The molecule has 0 aliphatic carbocycles. The lowest BCUT2D eigenvalue weighted by Crippen LogP contribution is -2.27. The molecule has 114 valence electrons. The predicted octanol–water partition coefficient (Wildman–Crippen LogP) is 3.75. The van der Waals surface area contributed by atoms with E-state index in [0.29, 0.717) is 10.2 Å². The summed E-state index contributed by atoms with van der Waals surface area (Å²) in [6.45, 7) is 5.84. The minimum absolute atomic E-state index is 0.152. The highest BCUT2D eigenvalue weighted by Crippen LogP contribution is 2.29. The first-order valence-electron chi connectivity index (χ1n) is 6.35. The van der Waals surface area contributed by atoms with Gasteiger partial charge in [-0.25, -0.2) is 13.1 Å². The molecule has 0 saturated carbocycles. The van der Waals surface area contributed by atoms with Gasteiger partial charge in [-0.05, 0) is 66.5 Å². The van der Waals surface area contributed by atoms with Crippen molar-refractivity contribution < 1.29 is 8.42 Å². The Morgan fingerprint density at radius 3 is 2.52 bits per heavy atom. The molecular weight excluding hydrogens is 372 g/mol. The summed E-state index contributed by atoms with van der Waals surface area (Å²) in [7, 11) is -3.64. The Bertz CT molecular complexity index is 769. The van der Waals surface area contributed by atoms with Crippen LogP contribution in [-0.4, -0.2) is 8.42 Å². The van der Waals surface area contributed by atoms with Gasteiger partial charge in [0.1, 0.15) is 0 Å². The molecule has 4 nitrogen and oxygen atoms in total. The van der Waals surface area contributed by atoms with Crippen LogP contribution in [0, 0.1) is 13.8 Å². The summed E-state index contributed by atoms with van der Waals surface area (Å²) >= 11 is 4.92. The van der Waals surface area contributed by atoms with Gasteiger partial charge in [-0.3, -0.25) is 0 Å². The lowest BCUT2D eigenvalue weighted by Gasteiger charge is -2.15. The van der Waals surface area contributed by atoms with Crippen LogP contribution in [-0.2, 0) is 10.0 Å². The van der Waals surface area contributed by atoms with Crippen LogP contribution in [0.2, 0.25) is 0 Å². The van der Waals surface area contributed by atoms with Gasteiger partial charge in [0.05, 0.1) is 4.90 Å². The number of nitrogen functional groups attached to an aromatic ring is 1. The summed E-state index contributed by atoms with van der Waals surface area (Å²) in [6, 6.07) is 6.45. The monoisotopic (exact) mass is 388 g/mol. The number of benzene rings is 1. The van der Waals surface area contributed by atoms with Crippen LogP contribution in [0.4, 0.5) is 5.69 Å². The van der Waals surface area contributed by atoms with Crippen LogP contribution in [0.5, 0.6) is 0 Å². The van der Waals surface area contributed by atoms with Crippen molar-refractivity contribution >= 4 is 43.0 Å². The van der Waals surface area contributed by atoms with Gasteiger partial charge >= 0.3 is 0 Å². The molecule has 0 fully saturated rings. The maximum absolute atomic E-state index is 12.5. The van der Waals surface area contributed by atoms with Crippen molar-refractivity contribution in [2.75, 3.05) is 5.73 Å². The lowest BCUT2D eigenvalue weighted by molar-refractivity contribution is 0.566. The normalized spacial score (nSPS) is 13.3. The zero-order valence-corrected chi connectivity index (χ0v) is 15.2. The van der Waals surface area contributed by atoms with Gasteiger partial charge in [-0.15, -0.1) is 11.3 Å². The van der Waals surface area contributed by atoms with Crippen LogP contribution < -0.4 is 10.5 Å². The van der Waals surface area contributed by atoms with Gasteiger partial charge in [-0.1, -0.05) is 0 Å². The maximum Gasteiger partial charge on any atom is 0.242 e. The van der Waals surface area contributed by atoms with Gasteiger partial charge < -0.3 is 5.73 Å². The molecular formula is C14H17BrN2O2S2. The van der Waals surface area contributed by atoms with Crippen molar-refractivity contribution in [2.45, 2.75) is 31.7 Å². The van der Waals surface area contributed by atoms with Crippen LogP contribution in [0.15, 0.2) is 33.6 Å². The minimum atomic E-state index is -3.64. The number of hydrogen-bond donors (Lipinski definition) is 2. The van der Waals surface area contributed by atoms with Crippen molar-refractivity contribution in [1.29, 1.82) is 0 Å². The number of sulfonamides is 1. The number of nitrogens with two attached hydrogens (primary N) is 1.